The van der Waals surface area contributed by atoms with Crippen LogP contribution in [0.15, 0.2) is 18.2 Å². The minimum Gasteiger partial charge on any atom is -0.496 e. The molecule has 1 amide bonds. The van der Waals surface area contributed by atoms with E-state index >= 15 is 0 Å². The molecule has 0 aliphatic rings. The quantitative estimate of drug-likeness (QED) is 0.876. The van der Waals surface area contributed by atoms with Crippen molar-refractivity contribution in [2.45, 2.75) is 38.8 Å². The lowest BCUT2D eigenvalue weighted by Gasteiger charge is -2.21. The minimum absolute atomic E-state index is 0.243. The summed E-state index contributed by atoms with van der Waals surface area (Å²) in [6.07, 6.45) is 0.0943. The molecular weight excluding hydrogens is 292 g/mol. The summed E-state index contributed by atoms with van der Waals surface area (Å²) in [5.41, 5.74) is 6.45. The first-order valence-corrected chi connectivity index (χ1v) is 7.14. The standard InChI is InChI=1S/C15H23ClN2O3/c1-15(2,3)21-14(19)18-9-12(17)7-10-5-6-11(16)8-13(10)20-4/h5-6,8,12H,7,9,17H2,1-4H3,(H,18,19). The van der Waals surface area contributed by atoms with E-state index in [1.807, 2.05) is 26.8 Å². The highest BCUT2D eigenvalue weighted by Gasteiger charge is 2.17. The van der Waals surface area contributed by atoms with Gasteiger partial charge in [-0.1, -0.05) is 17.7 Å². The second-order valence-electron chi connectivity index (χ2n) is 5.80. The first-order chi connectivity index (χ1) is 9.71. The number of amides is 1. The summed E-state index contributed by atoms with van der Waals surface area (Å²) in [6, 6.07) is 5.15. The van der Waals surface area contributed by atoms with Crippen LogP contribution < -0.4 is 15.8 Å². The summed E-state index contributed by atoms with van der Waals surface area (Å²) in [4.78, 5) is 11.6. The molecule has 0 aliphatic carbocycles. The highest BCUT2D eigenvalue weighted by molar-refractivity contribution is 6.30. The third-order valence-corrected chi connectivity index (χ3v) is 2.87. The van der Waals surface area contributed by atoms with Crippen molar-refractivity contribution in [3.05, 3.63) is 28.8 Å². The van der Waals surface area contributed by atoms with Crippen LogP contribution in [0.4, 0.5) is 4.79 Å². The van der Waals surface area contributed by atoms with Gasteiger partial charge in [-0.05, 0) is 44.9 Å². The van der Waals surface area contributed by atoms with E-state index in [1.165, 1.54) is 0 Å². The Bertz CT molecular complexity index is 486. The summed E-state index contributed by atoms with van der Waals surface area (Å²) in [6.45, 7) is 5.75. The number of hydrogen-bond donors (Lipinski definition) is 2. The van der Waals surface area contributed by atoms with Crippen molar-refractivity contribution in [3.8, 4) is 5.75 Å². The fraction of sp³-hybridized carbons (Fsp3) is 0.533. The second kappa shape index (κ2) is 7.52. The lowest BCUT2D eigenvalue weighted by Crippen LogP contribution is -2.41. The Kier molecular flexibility index (Phi) is 6.30. The molecule has 0 fully saturated rings. The van der Waals surface area contributed by atoms with Crippen LogP contribution in [0, 0.1) is 0 Å². The average Bonchev–Trinajstić information content (AvgIpc) is 2.36. The Balaban J connectivity index is 2.51. The van der Waals surface area contributed by atoms with Crippen LogP contribution in [0.3, 0.4) is 0 Å². The summed E-state index contributed by atoms with van der Waals surface area (Å²) in [5, 5.41) is 3.26. The summed E-state index contributed by atoms with van der Waals surface area (Å²) in [7, 11) is 1.58. The number of carbonyl (C=O) groups excluding carboxylic acids is 1. The Morgan fingerprint density at radius 3 is 2.67 bits per heavy atom. The third kappa shape index (κ3) is 6.69. The van der Waals surface area contributed by atoms with Gasteiger partial charge in [0.25, 0.3) is 0 Å². The van der Waals surface area contributed by atoms with E-state index in [0.29, 0.717) is 23.7 Å². The Hall–Kier alpha value is -1.46. The lowest BCUT2D eigenvalue weighted by atomic mass is 10.1. The largest absolute Gasteiger partial charge is 0.496 e. The van der Waals surface area contributed by atoms with Crippen molar-refractivity contribution in [1.82, 2.24) is 5.32 Å². The van der Waals surface area contributed by atoms with Gasteiger partial charge in [-0.25, -0.2) is 4.79 Å². The molecule has 1 aromatic carbocycles. The number of benzene rings is 1. The lowest BCUT2D eigenvalue weighted by molar-refractivity contribution is 0.0524. The van der Waals surface area contributed by atoms with Crippen LogP contribution in [0.25, 0.3) is 0 Å². The monoisotopic (exact) mass is 314 g/mol. The Morgan fingerprint density at radius 1 is 1.43 bits per heavy atom. The smallest absolute Gasteiger partial charge is 0.407 e. The van der Waals surface area contributed by atoms with E-state index < -0.39 is 11.7 Å². The molecule has 0 bridgehead atoms. The van der Waals surface area contributed by atoms with Crippen molar-refractivity contribution in [2.24, 2.45) is 5.73 Å². The summed E-state index contributed by atoms with van der Waals surface area (Å²) >= 11 is 5.91. The summed E-state index contributed by atoms with van der Waals surface area (Å²) < 4.78 is 10.4. The number of halogens is 1. The predicted octanol–water partition coefficient (Wildman–Crippen LogP) is 2.74. The number of ether oxygens (including phenoxy) is 2. The van der Waals surface area contributed by atoms with E-state index in [4.69, 9.17) is 26.8 Å². The molecule has 0 spiro atoms. The van der Waals surface area contributed by atoms with Crippen molar-refractivity contribution in [1.29, 1.82) is 0 Å². The zero-order valence-corrected chi connectivity index (χ0v) is 13.7. The van der Waals surface area contributed by atoms with Crippen LogP contribution in [0.2, 0.25) is 5.02 Å². The zero-order valence-electron chi connectivity index (χ0n) is 12.9. The first kappa shape index (κ1) is 17.6. The van der Waals surface area contributed by atoms with Gasteiger partial charge in [-0.2, -0.15) is 0 Å². The maximum absolute atomic E-state index is 11.6. The molecule has 118 valence electrons. The van der Waals surface area contributed by atoms with Crippen molar-refractivity contribution < 1.29 is 14.3 Å². The molecule has 1 atom stereocenters. The number of carbonyl (C=O) groups is 1. The van der Waals surface area contributed by atoms with E-state index in [1.54, 1.807) is 19.2 Å². The molecule has 0 saturated carbocycles. The van der Waals surface area contributed by atoms with Gasteiger partial charge in [0.15, 0.2) is 0 Å². The van der Waals surface area contributed by atoms with Crippen molar-refractivity contribution >= 4 is 17.7 Å². The minimum atomic E-state index is -0.520. The molecule has 0 saturated heterocycles. The highest BCUT2D eigenvalue weighted by atomic mass is 35.5. The SMILES string of the molecule is COc1cc(Cl)ccc1CC(N)CNC(=O)OC(C)(C)C. The van der Waals surface area contributed by atoms with E-state index in [0.717, 1.165) is 5.56 Å². The third-order valence-electron chi connectivity index (χ3n) is 2.64. The molecular formula is C15H23ClN2O3. The molecule has 0 aliphatic heterocycles. The van der Waals surface area contributed by atoms with Gasteiger partial charge < -0.3 is 20.5 Å². The second-order valence-corrected chi connectivity index (χ2v) is 6.24. The van der Waals surface area contributed by atoms with Gasteiger partial charge in [0.2, 0.25) is 0 Å². The van der Waals surface area contributed by atoms with Gasteiger partial charge >= 0.3 is 6.09 Å². The molecule has 5 nitrogen and oxygen atoms in total. The average molecular weight is 315 g/mol. The fourth-order valence-corrected chi connectivity index (χ4v) is 1.93. The summed E-state index contributed by atoms with van der Waals surface area (Å²) in [5.74, 6) is 0.690. The number of nitrogens with one attached hydrogen (secondary N) is 1. The molecule has 0 aromatic heterocycles. The number of methoxy groups -OCH3 is 1. The molecule has 6 heteroatoms. The van der Waals surface area contributed by atoms with Crippen LogP contribution in [-0.2, 0) is 11.2 Å². The zero-order chi connectivity index (χ0) is 16.0. The number of hydrogen-bond acceptors (Lipinski definition) is 4. The number of alkyl carbamates (subject to hydrolysis) is 1. The van der Waals surface area contributed by atoms with Crippen LogP contribution in [0.5, 0.6) is 5.75 Å². The van der Waals surface area contributed by atoms with E-state index in [2.05, 4.69) is 5.32 Å². The maximum atomic E-state index is 11.6. The van der Waals surface area contributed by atoms with Gasteiger partial charge in [0.05, 0.1) is 7.11 Å². The van der Waals surface area contributed by atoms with Crippen LogP contribution in [0.1, 0.15) is 26.3 Å². The maximum Gasteiger partial charge on any atom is 0.407 e. The topological polar surface area (TPSA) is 73.6 Å². The predicted molar refractivity (Wildman–Crippen MR) is 83.9 cm³/mol. The van der Waals surface area contributed by atoms with Crippen molar-refractivity contribution in [2.75, 3.05) is 13.7 Å². The van der Waals surface area contributed by atoms with E-state index in [-0.39, 0.29) is 6.04 Å². The number of rotatable bonds is 5. The highest BCUT2D eigenvalue weighted by Crippen LogP contribution is 2.23. The van der Waals surface area contributed by atoms with Crippen molar-refractivity contribution in [3.63, 3.8) is 0 Å². The molecule has 1 aromatic rings. The van der Waals surface area contributed by atoms with Gasteiger partial charge in [0, 0.05) is 17.6 Å². The molecule has 0 heterocycles. The van der Waals surface area contributed by atoms with Gasteiger partial charge in [-0.15, -0.1) is 0 Å². The van der Waals surface area contributed by atoms with Gasteiger partial charge in [0.1, 0.15) is 11.4 Å². The molecule has 21 heavy (non-hydrogen) atoms. The number of nitrogens with two attached hydrogens (primary N) is 1. The van der Waals surface area contributed by atoms with Crippen LogP contribution in [-0.4, -0.2) is 31.4 Å². The molecule has 0 radical (unpaired) electrons. The normalized spacial score (nSPS) is 12.7. The first-order valence-electron chi connectivity index (χ1n) is 6.76. The Morgan fingerprint density at radius 2 is 2.10 bits per heavy atom. The molecule has 3 N–H and O–H groups in total. The Labute approximate surface area is 130 Å². The molecule has 1 unspecified atom stereocenters. The fourth-order valence-electron chi connectivity index (χ4n) is 1.77. The van der Waals surface area contributed by atoms with Gasteiger partial charge in [-0.3, -0.25) is 0 Å². The van der Waals surface area contributed by atoms with E-state index in [9.17, 15) is 4.79 Å². The molecule has 1 rings (SSSR count). The van der Waals surface area contributed by atoms with Crippen LogP contribution >= 0.6 is 11.6 Å².